The van der Waals surface area contributed by atoms with Gasteiger partial charge in [0.1, 0.15) is 5.75 Å². The average Bonchev–Trinajstić information content (AvgIpc) is 2.89. The summed E-state index contributed by atoms with van der Waals surface area (Å²) in [5.41, 5.74) is 11.3. The molecule has 0 aliphatic carbocycles. The van der Waals surface area contributed by atoms with Gasteiger partial charge in [0.25, 0.3) is 0 Å². The van der Waals surface area contributed by atoms with E-state index in [0.717, 1.165) is 42.2 Å². The number of fused-ring (bicyclic) bond motifs is 1. The van der Waals surface area contributed by atoms with E-state index in [1.165, 1.54) is 16.7 Å². The Balaban J connectivity index is 1.77. The third-order valence-corrected chi connectivity index (χ3v) is 4.27. The molecule has 2 aromatic rings. The van der Waals surface area contributed by atoms with Crippen molar-refractivity contribution in [1.29, 1.82) is 0 Å². The van der Waals surface area contributed by atoms with E-state index >= 15 is 0 Å². The predicted molar refractivity (Wildman–Crippen MR) is 87.2 cm³/mol. The van der Waals surface area contributed by atoms with Gasteiger partial charge in [-0.25, -0.2) is 0 Å². The Bertz CT molecular complexity index is 654. The maximum atomic E-state index is 6.35. The molecule has 1 unspecified atom stereocenters. The number of ether oxygens (including phenoxy) is 1. The van der Waals surface area contributed by atoms with Gasteiger partial charge < -0.3 is 10.5 Å². The Hall–Kier alpha value is -1.51. The molecule has 3 rings (SSSR count). The van der Waals surface area contributed by atoms with Crippen molar-refractivity contribution in [2.75, 3.05) is 6.61 Å². The number of nitrogens with two attached hydrogens (primary N) is 1. The molecule has 1 aliphatic heterocycles. The van der Waals surface area contributed by atoms with Crippen LogP contribution in [0, 0.1) is 6.92 Å². The van der Waals surface area contributed by atoms with E-state index in [1.807, 2.05) is 12.1 Å². The van der Waals surface area contributed by atoms with Crippen LogP contribution in [0.15, 0.2) is 36.4 Å². The first-order valence-electron chi connectivity index (χ1n) is 7.37. The third kappa shape index (κ3) is 3.22. The largest absolute Gasteiger partial charge is 0.493 e. The van der Waals surface area contributed by atoms with Crippen molar-refractivity contribution < 1.29 is 4.74 Å². The highest BCUT2D eigenvalue weighted by molar-refractivity contribution is 6.30. The SMILES string of the molecule is Cc1ccccc1CC(N)Cc1cc(Cl)cc2c1OCC2. The normalized spacial score (nSPS) is 14.6. The van der Waals surface area contributed by atoms with Crippen LogP contribution >= 0.6 is 11.6 Å². The number of rotatable bonds is 4. The molecule has 0 saturated carbocycles. The third-order valence-electron chi connectivity index (χ3n) is 4.05. The molecule has 0 bridgehead atoms. The van der Waals surface area contributed by atoms with E-state index in [1.54, 1.807) is 0 Å². The van der Waals surface area contributed by atoms with Gasteiger partial charge in [-0.2, -0.15) is 0 Å². The molecule has 110 valence electrons. The van der Waals surface area contributed by atoms with E-state index in [2.05, 4.69) is 31.2 Å². The zero-order chi connectivity index (χ0) is 14.8. The molecule has 1 atom stereocenters. The van der Waals surface area contributed by atoms with Crippen molar-refractivity contribution in [2.24, 2.45) is 5.73 Å². The van der Waals surface area contributed by atoms with Gasteiger partial charge in [-0.3, -0.25) is 0 Å². The van der Waals surface area contributed by atoms with E-state index in [0.29, 0.717) is 0 Å². The minimum absolute atomic E-state index is 0.0675. The Morgan fingerprint density at radius 3 is 2.76 bits per heavy atom. The van der Waals surface area contributed by atoms with Crippen molar-refractivity contribution in [3.8, 4) is 5.75 Å². The number of halogens is 1. The molecule has 0 fully saturated rings. The van der Waals surface area contributed by atoms with Crippen LogP contribution < -0.4 is 10.5 Å². The fourth-order valence-electron chi connectivity index (χ4n) is 2.97. The standard InChI is InChI=1S/C18H20ClNO/c1-12-4-2-3-5-13(12)10-17(20)11-15-9-16(19)8-14-6-7-21-18(14)15/h2-5,8-9,17H,6-7,10-11,20H2,1H3. The smallest absolute Gasteiger partial charge is 0.125 e. The summed E-state index contributed by atoms with van der Waals surface area (Å²) in [5.74, 6) is 1.000. The average molecular weight is 302 g/mol. The second kappa shape index (κ2) is 6.08. The van der Waals surface area contributed by atoms with Crippen molar-refractivity contribution in [1.82, 2.24) is 0 Å². The molecule has 0 radical (unpaired) electrons. The summed E-state index contributed by atoms with van der Waals surface area (Å²) in [6.45, 7) is 2.87. The van der Waals surface area contributed by atoms with Crippen LogP contribution in [0.3, 0.4) is 0 Å². The molecular weight excluding hydrogens is 282 g/mol. The summed E-state index contributed by atoms with van der Waals surface area (Å²) in [5, 5.41) is 0.775. The van der Waals surface area contributed by atoms with E-state index in [4.69, 9.17) is 22.1 Å². The van der Waals surface area contributed by atoms with Gasteiger partial charge in [0.15, 0.2) is 0 Å². The number of hydrogen-bond donors (Lipinski definition) is 1. The van der Waals surface area contributed by atoms with Crippen LogP contribution in [0.1, 0.15) is 22.3 Å². The van der Waals surface area contributed by atoms with Gasteiger partial charge in [0.05, 0.1) is 6.61 Å². The van der Waals surface area contributed by atoms with Gasteiger partial charge in [-0.15, -0.1) is 0 Å². The van der Waals surface area contributed by atoms with Gasteiger partial charge in [0.2, 0.25) is 0 Å². The summed E-state index contributed by atoms with van der Waals surface area (Å²) in [6.07, 6.45) is 2.60. The first-order valence-corrected chi connectivity index (χ1v) is 7.75. The second-order valence-electron chi connectivity index (χ2n) is 5.75. The minimum atomic E-state index is 0.0675. The lowest BCUT2D eigenvalue weighted by Crippen LogP contribution is -2.26. The second-order valence-corrected chi connectivity index (χ2v) is 6.18. The fraction of sp³-hybridized carbons (Fsp3) is 0.333. The molecule has 1 heterocycles. The lowest BCUT2D eigenvalue weighted by molar-refractivity contribution is 0.352. The Labute approximate surface area is 130 Å². The zero-order valence-corrected chi connectivity index (χ0v) is 13.0. The van der Waals surface area contributed by atoms with Gasteiger partial charge in [0, 0.05) is 17.5 Å². The Morgan fingerprint density at radius 1 is 1.19 bits per heavy atom. The van der Waals surface area contributed by atoms with Gasteiger partial charge >= 0.3 is 0 Å². The number of aryl methyl sites for hydroxylation is 1. The Morgan fingerprint density at radius 2 is 1.95 bits per heavy atom. The fourth-order valence-corrected chi connectivity index (χ4v) is 3.24. The highest BCUT2D eigenvalue weighted by atomic mass is 35.5. The molecule has 0 aromatic heterocycles. The molecular formula is C18H20ClNO. The maximum Gasteiger partial charge on any atom is 0.125 e. The van der Waals surface area contributed by atoms with Gasteiger partial charge in [-0.1, -0.05) is 35.9 Å². The zero-order valence-electron chi connectivity index (χ0n) is 12.2. The molecule has 2 aromatic carbocycles. The summed E-state index contributed by atoms with van der Waals surface area (Å²) in [6, 6.07) is 12.5. The van der Waals surface area contributed by atoms with Crippen LogP contribution in [-0.2, 0) is 19.3 Å². The van der Waals surface area contributed by atoms with Crippen molar-refractivity contribution in [2.45, 2.75) is 32.2 Å². The summed E-state index contributed by atoms with van der Waals surface area (Å²) < 4.78 is 5.75. The molecule has 2 N–H and O–H groups in total. The molecule has 3 heteroatoms. The molecule has 2 nitrogen and oxygen atoms in total. The van der Waals surface area contributed by atoms with Crippen LogP contribution in [0.4, 0.5) is 0 Å². The highest BCUT2D eigenvalue weighted by Gasteiger charge is 2.19. The van der Waals surface area contributed by atoms with Crippen LogP contribution in [0.25, 0.3) is 0 Å². The number of hydrogen-bond acceptors (Lipinski definition) is 2. The van der Waals surface area contributed by atoms with Gasteiger partial charge in [-0.05, 0) is 54.2 Å². The molecule has 0 amide bonds. The van der Waals surface area contributed by atoms with Crippen LogP contribution in [0.2, 0.25) is 5.02 Å². The monoisotopic (exact) mass is 301 g/mol. The minimum Gasteiger partial charge on any atom is -0.493 e. The summed E-state index contributed by atoms with van der Waals surface area (Å²) in [7, 11) is 0. The Kier molecular flexibility index (Phi) is 4.18. The molecule has 1 aliphatic rings. The van der Waals surface area contributed by atoms with Crippen molar-refractivity contribution in [3.63, 3.8) is 0 Å². The predicted octanol–water partition coefficient (Wildman–Crippen LogP) is 3.70. The van der Waals surface area contributed by atoms with E-state index in [-0.39, 0.29) is 6.04 Å². The lowest BCUT2D eigenvalue weighted by Gasteiger charge is -2.16. The topological polar surface area (TPSA) is 35.2 Å². The first kappa shape index (κ1) is 14.4. The first-order chi connectivity index (χ1) is 10.1. The highest BCUT2D eigenvalue weighted by Crippen LogP contribution is 2.33. The summed E-state index contributed by atoms with van der Waals surface area (Å²) >= 11 is 6.20. The van der Waals surface area contributed by atoms with Crippen LogP contribution in [-0.4, -0.2) is 12.6 Å². The van der Waals surface area contributed by atoms with Crippen molar-refractivity contribution >= 4 is 11.6 Å². The maximum absolute atomic E-state index is 6.35. The van der Waals surface area contributed by atoms with Crippen LogP contribution in [0.5, 0.6) is 5.75 Å². The van der Waals surface area contributed by atoms with Crippen molar-refractivity contribution in [3.05, 3.63) is 63.7 Å². The summed E-state index contributed by atoms with van der Waals surface area (Å²) in [4.78, 5) is 0. The number of benzene rings is 2. The molecule has 21 heavy (non-hydrogen) atoms. The van der Waals surface area contributed by atoms with E-state index < -0.39 is 0 Å². The lowest BCUT2D eigenvalue weighted by atomic mass is 9.95. The molecule has 0 saturated heterocycles. The molecule has 0 spiro atoms. The quantitative estimate of drug-likeness (QED) is 0.934. The van der Waals surface area contributed by atoms with E-state index in [9.17, 15) is 0 Å².